The van der Waals surface area contributed by atoms with Crippen LogP contribution in [0.4, 0.5) is 0 Å². The second kappa shape index (κ2) is 1.70. The minimum absolute atomic E-state index is 0.0602. The third kappa shape index (κ3) is 1.05. The molecule has 0 aromatic rings. The van der Waals surface area contributed by atoms with Crippen LogP contribution in [0, 0.1) is 5.41 Å². The van der Waals surface area contributed by atoms with Crippen molar-refractivity contribution in [2.75, 3.05) is 0 Å². The molecule has 1 fully saturated rings. The van der Waals surface area contributed by atoms with Crippen LogP contribution in [0.25, 0.3) is 0 Å². The summed E-state index contributed by atoms with van der Waals surface area (Å²) in [7, 11) is 0. The van der Waals surface area contributed by atoms with Crippen LogP contribution in [0.5, 0.6) is 0 Å². The summed E-state index contributed by atoms with van der Waals surface area (Å²) < 4.78 is 0. The maximum atomic E-state index is 10.8. The minimum atomic E-state index is -0.632. The van der Waals surface area contributed by atoms with Crippen molar-refractivity contribution >= 4 is 5.91 Å². The third-order valence-electron chi connectivity index (χ3n) is 1.62. The number of carbonyl (C=O) groups is 1. The molecule has 1 atom stereocenters. The molecule has 0 aromatic heterocycles. The van der Waals surface area contributed by atoms with Gasteiger partial charge in [0.05, 0.1) is 0 Å². The van der Waals surface area contributed by atoms with Gasteiger partial charge in [-0.15, -0.1) is 0 Å². The van der Waals surface area contributed by atoms with E-state index >= 15 is 0 Å². The smallest absolute Gasteiger partial charge is 0.227 e. The molecule has 1 amide bonds. The molecule has 1 saturated heterocycles. The molecular formula is C6H11NO2. The summed E-state index contributed by atoms with van der Waals surface area (Å²) in [5.74, 6) is -0.0602. The first kappa shape index (κ1) is 6.55. The van der Waals surface area contributed by atoms with Crippen LogP contribution in [0.15, 0.2) is 0 Å². The van der Waals surface area contributed by atoms with Gasteiger partial charge in [0, 0.05) is 11.8 Å². The van der Waals surface area contributed by atoms with Gasteiger partial charge in [-0.2, -0.15) is 0 Å². The Morgan fingerprint density at radius 1 is 1.78 bits per heavy atom. The Morgan fingerprint density at radius 3 is 2.44 bits per heavy atom. The molecule has 0 aromatic carbocycles. The summed E-state index contributed by atoms with van der Waals surface area (Å²) in [6, 6.07) is 0. The Balaban J connectivity index is 2.70. The molecule has 0 saturated carbocycles. The van der Waals surface area contributed by atoms with Crippen LogP contribution < -0.4 is 5.32 Å². The summed E-state index contributed by atoms with van der Waals surface area (Å²) in [6.45, 7) is 3.64. The van der Waals surface area contributed by atoms with E-state index < -0.39 is 6.23 Å². The highest BCUT2D eigenvalue weighted by Crippen LogP contribution is 2.26. The molecule has 1 aliphatic heterocycles. The molecule has 2 N–H and O–H groups in total. The zero-order chi connectivity index (χ0) is 7.07. The second-order valence-electron chi connectivity index (χ2n) is 3.08. The predicted molar refractivity (Wildman–Crippen MR) is 32.5 cm³/mol. The number of amides is 1. The maximum absolute atomic E-state index is 10.8. The molecule has 52 valence electrons. The number of rotatable bonds is 0. The molecular weight excluding hydrogens is 118 g/mol. The molecule has 0 spiro atoms. The maximum Gasteiger partial charge on any atom is 0.227 e. The average molecular weight is 129 g/mol. The highest BCUT2D eigenvalue weighted by molar-refractivity contribution is 5.84. The lowest BCUT2D eigenvalue weighted by atomic mass is 9.92. The molecule has 0 aliphatic carbocycles. The number of aliphatic hydroxyl groups is 1. The number of hydrogen-bond donors (Lipinski definition) is 2. The molecule has 1 unspecified atom stereocenters. The van der Waals surface area contributed by atoms with E-state index in [2.05, 4.69) is 5.32 Å². The van der Waals surface area contributed by atoms with Crippen molar-refractivity contribution < 1.29 is 9.90 Å². The average Bonchev–Trinajstić information content (AvgIpc) is 1.79. The first-order chi connectivity index (χ1) is 4.02. The molecule has 0 radical (unpaired) electrons. The summed E-state index contributed by atoms with van der Waals surface area (Å²) in [4.78, 5) is 10.8. The van der Waals surface area contributed by atoms with Crippen LogP contribution in [0.1, 0.15) is 20.3 Å². The highest BCUT2D eigenvalue weighted by Gasteiger charge is 2.37. The van der Waals surface area contributed by atoms with Gasteiger partial charge in [-0.3, -0.25) is 4.79 Å². The Kier molecular flexibility index (Phi) is 1.24. The van der Waals surface area contributed by atoms with E-state index in [0.717, 1.165) is 0 Å². The second-order valence-corrected chi connectivity index (χ2v) is 3.08. The van der Waals surface area contributed by atoms with Gasteiger partial charge in [-0.25, -0.2) is 0 Å². The SMILES string of the molecule is CC1(C)CC(O)NC1=O. The van der Waals surface area contributed by atoms with E-state index in [4.69, 9.17) is 5.11 Å². The fraction of sp³-hybridized carbons (Fsp3) is 0.833. The van der Waals surface area contributed by atoms with Crippen molar-refractivity contribution in [2.24, 2.45) is 5.41 Å². The van der Waals surface area contributed by atoms with Crippen LogP contribution in [-0.4, -0.2) is 17.2 Å². The minimum Gasteiger partial charge on any atom is -0.374 e. The van der Waals surface area contributed by atoms with E-state index in [1.54, 1.807) is 0 Å². The van der Waals surface area contributed by atoms with E-state index in [0.29, 0.717) is 6.42 Å². The molecule has 0 bridgehead atoms. The van der Waals surface area contributed by atoms with E-state index in [1.807, 2.05) is 13.8 Å². The van der Waals surface area contributed by atoms with Crippen LogP contribution >= 0.6 is 0 Å². The lowest BCUT2D eigenvalue weighted by Crippen LogP contribution is -2.28. The predicted octanol–water partition coefficient (Wildman–Crippen LogP) is -0.149. The van der Waals surface area contributed by atoms with Gasteiger partial charge in [0.25, 0.3) is 0 Å². The van der Waals surface area contributed by atoms with Crippen molar-refractivity contribution in [1.82, 2.24) is 5.32 Å². The summed E-state index contributed by atoms with van der Waals surface area (Å²) >= 11 is 0. The standard InChI is InChI=1S/C6H11NO2/c1-6(2)3-4(8)7-5(6)9/h4,8H,3H2,1-2H3,(H,7,9). The van der Waals surface area contributed by atoms with Crippen molar-refractivity contribution in [3.05, 3.63) is 0 Å². The molecule has 3 nitrogen and oxygen atoms in total. The number of hydrogen-bond acceptors (Lipinski definition) is 2. The normalized spacial score (nSPS) is 32.3. The lowest BCUT2D eigenvalue weighted by molar-refractivity contribution is -0.126. The zero-order valence-corrected chi connectivity index (χ0v) is 5.64. The first-order valence-electron chi connectivity index (χ1n) is 3.01. The summed E-state index contributed by atoms with van der Waals surface area (Å²) in [6.07, 6.45) is -0.112. The van der Waals surface area contributed by atoms with Gasteiger partial charge in [-0.05, 0) is 0 Å². The Hall–Kier alpha value is -0.570. The van der Waals surface area contributed by atoms with Gasteiger partial charge < -0.3 is 10.4 Å². The van der Waals surface area contributed by atoms with E-state index in [-0.39, 0.29) is 11.3 Å². The van der Waals surface area contributed by atoms with Crippen molar-refractivity contribution in [3.8, 4) is 0 Å². The molecule has 1 aliphatic rings. The van der Waals surface area contributed by atoms with Gasteiger partial charge in [0.2, 0.25) is 5.91 Å². The van der Waals surface area contributed by atoms with Gasteiger partial charge in [-0.1, -0.05) is 13.8 Å². The molecule has 9 heavy (non-hydrogen) atoms. The Labute approximate surface area is 54.1 Å². The molecule has 1 rings (SSSR count). The Morgan fingerprint density at radius 2 is 2.33 bits per heavy atom. The number of aliphatic hydroxyl groups excluding tert-OH is 1. The fourth-order valence-electron chi connectivity index (χ4n) is 0.974. The number of carbonyl (C=O) groups excluding carboxylic acids is 1. The topological polar surface area (TPSA) is 49.3 Å². The van der Waals surface area contributed by atoms with Crippen LogP contribution in [0.2, 0.25) is 0 Å². The van der Waals surface area contributed by atoms with Gasteiger partial charge in [0.15, 0.2) is 0 Å². The van der Waals surface area contributed by atoms with E-state index in [1.165, 1.54) is 0 Å². The van der Waals surface area contributed by atoms with Crippen molar-refractivity contribution in [2.45, 2.75) is 26.5 Å². The van der Waals surface area contributed by atoms with E-state index in [9.17, 15) is 4.79 Å². The van der Waals surface area contributed by atoms with Crippen molar-refractivity contribution in [3.63, 3.8) is 0 Å². The highest BCUT2D eigenvalue weighted by atomic mass is 16.3. The monoisotopic (exact) mass is 129 g/mol. The first-order valence-corrected chi connectivity index (χ1v) is 3.01. The zero-order valence-electron chi connectivity index (χ0n) is 5.64. The van der Waals surface area contributed by atoms with Gasteiger partial charge >= 0.3 is 0 Å². The molecule has 1 heterocycles. The summed E-state index contributed by atoms with van der Waals surface area (Å²) in [5, 5.41) is 11.3. The number of nitrogens with one attached hydrogen (secondary N) is 1. The largest absolute Gasteiger partial charge is 0.374 e. The summed E-state index contributed by atoms with van der Waals surface area (Å²) in [5.41, 5.74) is -0.376. The van der Waals surface area contributed by atoms with Crippen LogP contribution in [-0.2, 0) is 4.79 Å². The third-order valence-corrected chi connectivity index (χ3v) is 1.62. The molecule has 3 heteroatoms. The lowest BCUT2D eigenvalue weighted by Gasteiger charge is -2.10. The van der Waals surface area contributed by atoms with Gasteiger partial charge in [0.1, 0.15) is 6.23 Å². The van der Waals surface area contributed by atoms with Crippen LogP contribution in [0.3, 0.4) is 0 Å². The fourth-order valence-corrected chi connectivity index (χ4v) is 0.974. The quantitative estimate of drug-likeness (QED) is 0.478. The van der Waals surface area contributed by atoms with Crippen molar-refractivity contribution in [1.29, 1.82) is 0 Å². The Bertz CT molecular complexity index is 142.